The molecule has 0 aliphatic carbocycles. The fourth-order valence-corrected chi connectivity index (χ4v) is 5.04. The van der Waals surface area contributed by atoms with Crippen molar-refractivity contribution in [3.8, 4) is 5.75 Å². The van der Waals surface area contributed by atoms with Crippen molar-refractivity contribution in [1.29, 1.82) is 0 Å². The Hall–Kier alpha value is -4.50. The molecular weight excluding hydrogens is 606 g/mol. The monoisotopic (exact) mass is 641 g/mol. The number of primary amides is 1. The molecule has 1 saturated heterocycles. The third-order valence-corrected chi connectivity index (χ3v) is 7.27. The maximum atomic E-state index is 14.1. The average Bonchev–Trinajstić information content (AvgIpc) is 3.59. The second kappa shape index (κ2) is 15.0. The second-order valence-electron chi connectivity index (χ2n) is 11.5. The molecule has 246 valence electrons. The molecule has 0 spiro atoms. The maximum Gasteiger partial charge on any atom is 0.271 e. The van der Waals surface area contributed by atoms with E-state index >= 15 is 0 Å². The van der Waals surface area contributed by atoms with E-state index in [4.69, 9.17) is 15.0 Å². The quantitative estimate of drug-likeness (QED) is 0.169. The molecule has 0 bridgehead atoms. The Morgan fingerprint density at radius 2 is 1.67 bits per heavy atom. The number of nitrogens with two attached hydrogens (primary N) is 1. The van der Waals surface area contributed by atoms with E-state index in [1.165, 1.54) is 0 Å². The summed E-state index contributed by atoms with van der Waals surface area (Å²) in [6, 6.07) is -2.70. The van der Waals surface area contributed by atoms with Gasteiger partial charge in [-0.2, -0.15) is 8.78 Å². The number of benzene rings is 1. The van der Waals surface area contributed by atoms with Gasteiger partial charge in [-0.05, 0) is 31.1 Å². The van der Waals surface area contributed by atoms with E-state index < -0.39 is 94.9 Å². The predicted octanol–water partition coefficient (Wildman–Crippen LogP) is 2.26. The number of carbonyl (C=O) groups is 5. The van der Waals surface area contributed by atoms with E-state index in [1.807, 2.05) is 0 Å². The predicted molar refractivity (Wildman–Crippen MR) is 148 cm³/mol. The number of carbonyl (C=O) groups excluding carboxylic acids is 5. The van der Waals surface area contributed by atoms with E-state index in [1.54, 1.807) is 27.7 Å². The van der Waals surface area contributed by atoms with Crippen LogP contribution in [0.2, 0.25) is 0 Å². The first-order valence-electron chi connectivity index (χ1n) is 14.2. The molecule has 0 radical (unpaired) electrons. The summed E-state index contributed by atoms with van der Waals surface area (Å²) in [5.41, 5.74) is 5.22. The molecule has 45 heavy (non-hydrogen) atoms. The van der Waals surface area contributed by atoms with Crippen molar-refractivity contribution in [2.45, 2.75) is 65.0 Å². The van der Waals surface area contributed by atoms with Crippen molar-refractivity contribution in [3.63, 3.8) is 0 Å². The highest BCUT2D eigenvalue weighted by Gasteiger charge is 2.36. The van der Waals surface area contributed by atoms with Crippen LogP contribution in [0, 0.1) is 41.0 Å². The van der Waals surface area contributed by atoms with Gasteiger partial charge in [-0.3, -0.25) is 24.0 Å². The topological polar surface area (TPSA) is 183 Å². The molecule has 1 aromatic heterocycles. The van der Waals surface area contributed by atoms with Gasteiger partial charge in [-0.15, -0.1) is 0 Å². The van der Waals surface area contributed by atoms with Crippen LogP contribution in [0.5, 0.6) is 5.75 Å². The Balaban J connectivity index is 1.84. The minimum Gasteiger partial charge on any atom is -0.479 e. The van der Waals surface area contributed by atoms with Gasteiger partial charge in [0.25, 0.3) is 5.91 Å². The molecule has 1 aliphatic heterocycles. The standard InChI is InChI=1S/C29H35F4N5O7/c1-12(2)7-19(37-29(43)21(13(3)4)15-10-45-38-24(15)26(34)40)28(42)36-18(8-14-5-6-35-27(14)41)20(39)11-44-25-22(32)16(30)9-17(31)23(25)33/h9-10,12-14,18-19,21H,5-8,11H2,1-4H3,(H2,34,40)(H,35,41)(H,36,42)(H,37,43)/t14-,18-,19-,21-/m0/s1. The zero-order valence-electron chi connectivity index (χ0n) is 25.0. The molecule has 1 aliphatic rings. The van der Waals surface area contributed by atoms with E-state index in [2.05, 4.69) is 21.1 Å². The number of nitrogens with zero attached hydrogens (tertiary/aromatic N) is 1. The Morgan fingerprint density at radius 1 is 1.04 bits per heavy atom. The van der Waals surface area contributed by atoms with Crippen LogP contribution >= 0.6 is 0 Å². The highest BCUT2D eigenvalue weighted by molar-refractivity contribution is 5.97. The number of ketones is 1. The van der Waals surface area contributed by atoms with Gasteiger partial charge in [0.2, 0.25) is 29.4 Å². The largest absolute Gasteiger partial charge is 0.479 e. The summed E-state index contributed by atoms with van der Waals surface area (Å²) in [6.45, 7) is 6.13. The molecule has 2 aromatic rings. The highest BCUT2D eigenvalue weighted by atomic mass is 19.2. The fraction of sp³-hybridized carbons (Fsp3) is 0.517. The highest BCUT2D eigenvalue weighted by Crippen LogP contribution is 2.29. The molecule has 4 atom stereocenters. The van der Waals surface area contributed by atoms with Crippen LogP contribution in [0.3, 0.4) is 0 Å². The number of ether oxygens (including phenoxy) is 1. The van der Waals surface area contributed by atoms with Crippen LogP contribution in [0.25, 0.3) is 0 Å². The van der Waals surface area contributed by atoms with Gasteiger partial charge in [0.1, 0.15) is 18.9 Å². The molecule has 0 unspecified atom stereocenters. The summed E-state index contributed by atoms with van der Waals surface area (Å²) in [5.74, 6) is -14.7. The number of halogens is 4. The van der Waals surface area contributed by atoms with Gasteiger partial charge in [-0.1, -0.05) is 32.9 Å². The van der Waals surface area contributed by atoms with Gasteiger partial charge in [0.05, 0.1) is 12.0 Å². The number of rotatable bonds is 15. The van der Waals surface area contributed by atoms with Crippen molar-refractivity contribution in [1.82, 2.24) is 21.1 Å². The molecule has 16 heteroatoms. The Kier molecular flexibility index (Phi) is 11.7. The minimum atomic E-state index is -1.86. The van der Waals surface area contributed by atoms with Crippen LogP contribution in [0.15, 0.2) is 16.9 Å². The van der Waals surface area contributed by atoms with Crippen LogP contribution in [-0.2, 0) is 19.2 Å². The SMILES string of the molecule is CC(C)C[C@H](NC(=O)[C@H](c1conc1C(N)=O)C(C)C)C(=O)N[C@@H](C[C@@H]1CCNC1=O)C(=O)COc1c(F)c(F)cc(F)c1F. The summed E-state index contributed by atoms with van der Waals surface area (Å²) in [7, 11) is 0. The number of nitrogens with one attached hydrogen (secondary N) is 3. The molecule has 4 amide bonds. The second-order valence-corrected chi connectivity index (χ2v) is 11.5. The summed E-state index contributed by atoms with van der Waals surface area (Å²) in [6.07, 6.45) is 1.29. The van der Waals surface area contributed by atoms with E-state index in [-0.39, 0.29) is 36.1 Å². The molecule has 0 saturated carbocycles. The number of hydrogen-bond acceptors (Lipinski definition) is 8. The van der Waals surface area contributed by atoms with Crippen molar-refractivity contribution >= 4 is 29.4 Å². The molecule has 5 N–H and O–H groups in total. The summed E-state index contributed by atoms with van der Waals surface area (Å²) < 4.78 is 65.1. The third kappa shape index (κ3) is 8.57. The first-order chi connectivity index (χ1) is 21.1. The number of amides is 4. The molecule has 1 fully saturated rings. The number of hydrogen-bond donors (Lipinski definition) is 4. The molecule has 12 nitrogen and oxygen atoms in total. The van der Waals surface area contributed by atoms with Gasteiger partial charge in [-0.25, -0.2) is 8.78 Å². The van der Waals surface area contributed by atoms with Gasteiger partial charge < -0.3 is 30.9 Å². The minimum absolute atomic E-state index is 0.0220. The zero-order valence-corrected chi connectivity index (χ0v) is 25.0. The van der Waals surface area contributed by atoms with E-state index in [9.17, 15) is 41.5 Å². The first kappa shape index (κ1) is 35.0. The van der Waals surface area contributed by atoms with Crippen molar-refractivity contribution in [3.05, 3.63) is 46.9 Å². The Labute approximate surface area is 255 Å². The smallest absolute Gasteiger partial charge is 0.271 e. The first-order valence-corrected chi connectivity index (χ1v) is 14.2. The Morgan fingerprint density at radius 3 is 2.20 bits per heavy atom. The molecular formula is C29H35F4N5O7. The average molecular weight is 642 g/mol. The van der Waals surface area contributed by atoms with Crippen LogP contribution < -0.4 is 26.4 Å². The summed E-state index contributed by atoms with van der Waals surface area (Å²) in [5, 5.41) is 11.3. The lowest BCUT2D eigenvalue weighted by atomic mass is 9.87. The number of aromatic nitrogens is 1. The van der Waals surface area contributed by atoms with Gasteiger partial charge in [0.15, 0.2) is 28.9 Å². The zero-order chi connectivity index (χ0) is 33.6. The van der Waals surface area contributed by atoms with Crippen molar-refractivity contribution in [2.24, 2.45) is 23.5 Å². The van der Waals surface area contributed by atoms with Crippen molar-refractivity contribution < 1.29 is 50.8 Å². The van der Waals surface area contributed by atoms with Crippen LogP contribution in [0.4, 0.5) is 17.6 Å². The van der Waals surface area contributed by atoms with E-state index in [0.29, 0.717) is 13.0 Å². The van der Waals surface area contributed by atoms with Crippen molar-refractivity contribution in [2.75, 3.05) is 13.2 Å². The lowest BCUT2D eigenvalue weighted by Crippen LogP contribution is -2.54. The van der Waals surface area contributed by atoms with Gasteiger partial charge in [0, 0.05) is 24.1 Å². The molecule has 2 heterocycles. The van der Waals surface area contributed by atoms with Gasteiger partial charge >= 0.3 is 0 Å². The number of Topliss-reactive ketones (excluding diaryl/α,β-unsaturated/α-hetero) is 1. The lowest BCUT2D eigenvalue weighted by molar-refractivity contribution is -0.133. The maximum absolute atomic E-state index is 14.1. The van der Waals surface area contributed by atoms with E-state index in [0.717, 1.165) is 6.26 Å². The summed E-state index contributed by atoms with van der Waals surface area (Å²) >= 11 is 0. The molecule has 3 rings (SSSR count). The molecule has 1 aromatic carbocycles. The van der Waals surface area contributed by atoms with Crippen LogP contribution in [-0.4, -0.2) is 59.8 Å². The summed E-state index contributed by atoms with van der Waals surface area (Å²) in [4.78, 5) is 64.4. The lowest BCUT2D eigenvalue weighted by Gasteiger charge is -2.27. The third-order valence-electron chi connectivity index (χ3n) is 7.27. The fourth-order valence-electron chi connectivity index (χ4n) is 5.04. The van der Waals surface area contributed by atoms with Crippen LogP contribution in [0.1, 0.15) is 68.9 Å². The normalized spacial score (nSPS) is 16.7. The Bertz CT molecular complexity index is 1420.